The van der Waals surface area contributed by atoms with Gasteiger partial charge in [0.2, 0.25) is 11.8 Å². The van der Waals surface area contributed by atoms with Gasteiger partial charge in [-0.1, -0.05) is 30.3 Å². The zero-order chi connectivity index (χ0) is 17.2. The van der Waals surface area contributed by atoms with Crippen LogP contribution in [-0.4, -0.2) is 47.4 Å². The number of likely N-dealkylation sites (N-methyl/N-ethyl adjacent to an activating group) is 1. The van der Waals surface area contributed by atoms with Gasteiger partial charge < -0.3 is 15.3 Å². The minimum Gasteiger partial charge on any atom is -0.480 e. The van der Waals surface area contributed by atoms with Crippen molar-refractivity contribution in [1.82, 2.24) is 10.2 Å². The lowest BCUT2D eigenvalue weighted by molar-refractivity contribution is -0.149. The topological polar surface area (TPSA) is 86.7 Å². The summed E-state index contributed by atoms with van der Waals surface area (Å²) in [4.78, 5) is 36.2. The first-order valence-electron chi connectivity index (χ1n) is 7.74. The Hall–Kier alpha value is -2.37. The van der Waals surface area contributed by atoms with Crippen LogP contribution in [0.4, 0.5) is 0 Å². The molecule has 2 amide bonds. The van der Waals surface area contributed by atoms with Crippen molar-refractivity contribution in [2.24, 2.45) is 0 Å². The van der Waals surface area contributed by atoms with E-state index in [-0.39, 0.29) is 31.1 Å². The van der Waals surface area contributed by atoms with E-state index < -0.39 is 12.0 Å². The zero-order valence-electron chi connectivity index (χ0n) is 13.6. The van der Waals surface area contributed by atoms with E-state index in [4.69, 9.17) is 0 Å². The molecule has 0 aromatic heterocycles. The summed E-state index contributed by atoms with van der Waals surface area (Å²) in [7, 11) is 1.50. The van der Waals surface area contributed by atoms with E-state index in [1.165, 1.54) is 11.9 Å². The smallest absolute Gasteiger partial charge is 0.326 e. The molecule has 1 unspecified atom stereocenters. The Morgan fingerprint density at radius 1 is 1.17 bits per heavy atom. The number of hydrogen-bond acceptors (Lipinski definition) is 3. The lowest BCUT2D eigenvalue weighted by Crippen LogP contribution is -2.43. The molecule has 6 nitrogen and oxygen atoms in total. The summed E-state index contributed by atoms with van der Waals surface area (Å²) in [5.74, 6) is -1.40. The number of benzene rings is 1. The molecule has 0 aliphatic carbocycles. The molecule has 0 bridgehead atoms. The number of hydrogen-bond donors (Lipinski definition) is 2. The summed E-state index contributed by atoms with van der Waals surface area (Å²) in [5.41, 5.74) is 0.863. The van der Waals surface area contributed by atoms with Gasteiger partial charge in [-0.25, -0.2) is 4.79 Å². The van der Waals surface area contributed by atoms with Crippen LogP contribution in [0.1, 0.15) is 31.7 Å². The summed E-state index contributed by atoms with van der Waals surface area (Å²) in [6, 6.07) is 8.29. The number of carboxylic acids is 1. The van der Waals surface area contributed by atoms with Crippen LogP contribution in [0.3, 0.4) is 0 Å². The summed E-state index contributed by atoms with van der Waals surface area (Å²) in [5, 5.41) is 12.0. The molecule has 1 aromatic carbocycles. The molecular weight excluding hydrogens is 296 g/mol. The fourth-order valence-corrected chi connectivity index (χ4v) is 2.26. The number of nitrogens with one attached hydrogen (secondary N) is 1. The Morgan fingerprint density at radius 2 is 1.83 bits per heavy atom. The van der Waals surface area contributed by atoms with Crippen LogP contribution in [-0.2, 0) is 20.8 Å². The quantitative estimate of drug-likeness (QED) is 0.721. The Labute approximate surface area is 136 Å². The molecule has 0 radical (unpaired) electrons. The second-order valence-corrected chi connectivity index (χ2v) is 5.36. The SMILES string of the molecule is CCNC(=O)CCCC(=O)N(C)C(Cc1ccccc1)C(=O)O. The molecule has 0 aliphatic rings. The number of carbonyl (C=O) groups excluding carboxylic acids is 2. The predicted octanol–water partition coefficient (Wildman–Crippen LogP) is 1.45. The number of nitrogens with zero attached hydrogens (tertiary/aromatic N) is 1. The van der Waals surface area contributed by atoms with Crippen molar-refractivity contribution in [2.75, 3.05) is 13.6 Å². The van der Waals surface area contributed by atoms with Crippen LogP contribution in [0.15, 0.2) is 30.3 Å². The maximum absolute atomic E-state index is 12.1. The van der Waals surface area contributed by atoms with Crippen LogP contribution in [0.5, 0.6) is 0 Å². The van der Waals surface area contributed by atoms with Crippen LogP contribution in [0.2, 0.25) is 0 Å². The zero-order valence-corrected chi connectivity index (χ0v) is 13.6. The average molecular weight is 320 g/mol. The first kappa shape index (κ1) is 18.7. The van der Waals surface area contributed by atoms with Crippen molar-refractivity contribution in [1.29, 1.82) is 0 Å². The minimum absolute atomic E-state index is 0.0953. The Morgan fingerprint density at radius 3 is 2.39 bits per heavy atom. The highest BCUT2D eigenvalue weighted by atomic mass is 16.4. The molecule has 0 fully saturated rings. The van der Waals surface area contributed by atoms with Crippen LogP contribution >= 0.6 is 0 Å². The normalized spacial score (nSPS) is 11.6. The van der Waals surface area contributed by atoms with Crippen LogP contribution < -0.4 is 5.32 Å². The largest absolute Gasteiger partial charge is 0.480 e. The van der Waals surface area contributed by atoms with Gasteiger partial charge in [-0.3, -0.25) is 9.59 Å². The molecule has 0 spiro atoms. The molecule has 2 N–H and O–H groups in total. The van der Waals surface area contributed by atoms with E-state index >= 15 is 0 Å². The second kappa shape index (κ2) is 9.61. The fraction of sp³-hybridized carbons (Fsp3) is 0.471. The van der Waals surface area contributed by atoms with Crippen LogP contribution in [0, 0.1) is 0 Å². The van der Waals surface area contributed by atoms with Gasteiger partial charge in [0.25, 0.3) is 0 Å². The van der Waals surface area contributed by atoms with Gasteiger partial charge in [0, 0.05) is 32.9 Å². The lowest BCUT2D eigenvalue weighted by atomic mass is 10.0. The minimum atomic E-state index is -1.03. The van der Waals surface area contributed by atoms with Crippen molar-refractivity contribution in [3.63, 3.8) is 0 Å². The van der Waals surface area contributed by atoms with Gasteiger partial charge in [0.05, 0.1) is 0 Å². The summed E-state index contributed by atoms with van der Waals surface area (Å²) >= 11 is 0. The first-order valence-corrected chi connectivity index (χ1v) is 7.74. The molecule has 6 heteroatoms. The molecule has 1 rings (SSSR count). The van der Waals surface area contributed by atoms with E-state index in [9.17, 15) is 19.5 Å². The van der Waals surface area contributed by atoms with E-state index in [0.717, 1.165) is 5.56 Å². The summed E-state index contributed by atoms with van der Waals surface area (Å²) < 4.78 is 0. The Bertz CT molecular complexity index is 531. The number of carboxylic acid groups (broad SMARTS) is 1. The second-order valence-electron chi connectivity index (χ2n) is 5.36. The third-order valence-electron chi connectivity index (χ3n) is 3.59. The Balaban J connectivity index is 2.56. The Kier molecular flexibility index (Phi) is 7.80. The number of amides is 2. The average Bonchev–Trinajstić information content (AvgIpc) is 2.52. The van der Waals surface area contributed by atoms with Crippen molar-refractivity contribution in [2.45, 2.75) is 38.6 Å². The van der Waals surface area contributed by atoms with E-state index in [1.54, 1.807) is 0 Å². The first-order chi connectivity index (χ1) is 11.0. The maximum atomic E-state index is 12.1. The van der Waals surface area contributed by atoms with Gasteiger partial charge in [0.15, 0.2) is 0 Å². The monoisotopic (exact) mass is 320 g/mol. The predicted molar refractivity (Wildman–Crippen MR) is 86.9 cm³/mol. The molecule has 0 saturated heterocycles. The third kappa shape index (κ3) is 6.50. The van der Waals surface area contributed by atoms with Crippen molar-refractivity contribution in [3.05, 3.63) is 35.9 Å². The van der Waals surface area contributed by atoms with Gasteiger partial charge in [-0.15, -0.1) is 0 Å². The fourth-order valence-electron chi connectivity index (χ4n) is 2.26. The van der Waals surface area contributed by atoms with Gasteiger partial charge in [0.1, 0.15) is 6.04 Å². The molecule has 1 atom stereocenters. The molecule has 0 heterocycles. The summed E-state index contributed by atoms with van der Waals surface area (Å²) in [6.07, 6.45) is 1.09. The van der Waals surface area contributed by atoms with Crippen molar-refractivity contribution in [3.8, 4) is 0 Å². The molecular formula is C17H24N2O4. The molecule has 126 valence electrons. The molecule has 0 saturated carbocycles. The molecule has 1 aromatic rings. The standard InChI is InChI=1S/C17H24N2O4/c1-3-18-15(20)10-7-11-16(21)19(2)14(17(22)23)12-13-8-5-4-6-9-13/h4-6,8-9,14H,3,7,10-12H2,1-2H3,(H,18,20)(H,22,23). The van der Waals surface area contributed by atoms with Gasteiger partial charge in [-0.2, -0.15) is 0 Å². The van der Waals surface area contributed by atoms with E-state index in [2.05, 4.69) is 5.32 Å². The van der Waals surface area contributed by atoms with Crippen LogP contribution in [0.25, 0.3) is 0 Å². The number of rotatable bonds is 9. The molecule has 0 aliphatic heterocycles. The number of aliphatic carboxylic acids is 1. The van der Waals surface area contributed by atoms with E-state index in [0.29, 0.717) is 13.0 Å². The highest BCUT2D eigenvalue weighted by Crippen LogP contribution is 2.11. The third-order valence-corrected chi connectivity index (χ3v) is 3.59. The highest BCUT2D eigenvalue weighted by Gasteiger charge is 2.26. The van der Waals surface area contributed by atoms with Crippen molar-refractivity contribution >= 4 is 17.8 Å². The van der Waals surface area contributed by atoms with E-state index in [1.807, 2.05) is 37.3 Å². The molecule has 23 heavy (non-hydrogen) atoms. The maximum Gasteiger partial charge on any atom is 0.326 e. The van der Waals surface area contributed by atoms with Gasteiger partial charge >= 0.3 is 5.97 Å². The van der Waals surface area contributed by atoms with Crippen molar-refractivity contribution < 1.29 is 19.5 Å². The van der Waals surface area contributed by atoms with Gasteiger partial charge in [-0.05, 0) is 18.9 Å². The highest BCUT2D eigenvalue weighted by molar-refractivity contribution is 5.84. The summed E-state index contributed by atoms with van der Waals surface area (Å²) in [6.45, 7) is 2.39. The lowest BCUT2D eigenvalue weighted by Gasteiger charge is -2.25. The number of carbonyl (C=O) groups is 3.